The Bertz CT molecular complexity index is 805. The number of para-hydroxylation sites is 2. The number of imidazole rings is 1. The van der Waals surface area contributed by atoms with Gasteiger partial charge < -0.3 is 9.40 Å². The standard InChI is InChI=1S/C13H8O2.C3H4N2/c14-13-9-5-1-3-7-11(9)15-12-8-4-2-6-10(12)13;1-2-5-3-4-1/h1-8H;1-3H,(H,4,5). The predicted molar refractivity (Wildman–Crippen MR) is 78.6 cm³/mol. The van der Waals surface area contributed by atoms with Gasteiger partial charge in [0.25, 0.3) is 0 Å². The summed E-state index contributed by atoms with van der Waals surface area (Å²) in [6.07, 6.45) is 5.08. The normalized spacial score (nSPS) is 10.2. The van der Waals surface area contributed by atoms with Gasteiger partial charge in [0, 0.05) is 12.4 Å². The Kier molecular flexibility index (Phi) is 3.29. The van der Waals surface area contributed by atoms with Gasteiger partial charge in [0.1, 0.15) is 11.2 Å². The third kappa shape index (κ3) is 2.31. The zero-order chi connectivity index (χ0) is 13.8. The molecule has 0 atom stereocenters. The number of aromatic nitrogens is 2. The van der Waals surface area contributed by atoms with E-state index in [1.165, 1.54) is 0 Å². The Hall–Kier alpha value is -2.88. The van der Waals surface area contributed by atoms with Crippen LogP contribution in [0, 0.1) is 0 Å². The van der Waals surface area contributed by atoms with Crippen LogP contribution in [0.1, 0.15) is 0 Å². The molecule has 0 aliphatic carbocycles. The summed E-state index contributed by atoms with van der Waals surface area (Å²) in [5.41, 5.74) is 1.31. The first-order valence-electron chi connectivity index (χ1n) is 6.19. The fourth-order valence-corrected chi connectivity index (χ4v) is 1.97. The number of H-pyrrole nitrogens is 1. The minimum absolute atomic E-state index is 0.0347. The molecule has 0 aliphatic heterocycles. The van der Waals surface area contributed by atoms with Crippen LogP contribution in [0.15, 0.2) is 76.5 Å². The molecule has 2 aromatic heterocycles. The summed E-state index contributed by atoms with van der Waals surface area (Å²) in [6.45, 7) is 0. The summed E-state index contributed by atoms with van der Waals surface area (Å²) in [6, 6.07) is 14.6. The summed E-state index contributed by atoms with van der Waals surface area (Å²) >= 11 is 0. The quantitative estimate of drug-likeness (QED) is 0.495. The molecule has 0 unspecified atom stereocenters. The van der Waals surface area contributed by atoms with E-state index in [9.17, 15) is 4.79 Å². The molecular formula is C16H12N2O2. The van der Waals surface area contributed by atoms with Crippen molar-refractivity contribution in [3.05, 3.63) is 77.5 Å². The zero-order valence-electron chi connectivity index (χ0n) is 10.6. The van der Waals surface area contributed by atoms with Crippen molar-refractivity contribution in [2.24, 2.45) is 0 Å². The summed E-state index contributed by atoms with van der Waals surface area (Å²) in [5, 5.41) is 1.27. The molecule has 4 rings (SSSR count). The number of aromatic amines is 1. The number of hydrogen-bond donors (Lipinski definition) is 1. The highest BCUT2D eigenvalue weighted by Crippen LogP contribution is 2.17. The number of hydrogen-bond acceptors (Lipinski definition) is 3. The molecule has 0 bridgehead atoms. The molecule has 20 heavy (non-hydrogen) atoms. The van der Waals surface area contributed by atoms with Crippen LogP contribution in [0.3, 0.4) is 0 Å². The number of rotatable bonds is 0. The van der Waals surface area contributed by atoms with E-state index < -0.39 is 0 Å². The molecule has 4 nitrogen and oxygen atoms in total. The molecule has 0 spiro atoms. The molecule has 2 aromatic carbocycles. The van der Waals surface area contributed by atoms with E-state index in [1.807, 2.05) is 36.4 Å². The Morgan fingerprint density at radius 2 is 1.50 bits per heavy atom. The second kappa shape index (κ2) is 5.40. The van der Waals surface area contributed by atoms with Crippen molar-refractivity contribution in [2.75, 3.05) is 0 Å². The topological polar surface area (TPSA) is 58.9 Å². The molecule has 0 radical (unpaired) electrons. The average molecular weight is 264 g/mol. The van der Waals surface area contributed by atoms with Gasteiger partial charge in [-0.3, -0.25) is 4.79 Å². The highest BCUT2D eigenvalue weighted by atomic mass is 16.3. The SMILES string of the molecule is O=c1c2ccccc2oc2ccccc12.c1c[nH]cn1. The van der Waals surface area contributed by atoms with E-state index in [4.69, 9.17) is 4.42 Å². The molecule has 2 heterocycles. The van der Waals surface area contributed by atoms with Crippen LogP contribution in [-0.4, -0.2) is 9.97 Å². The van der Waals surface area contributed by atoms with Crippen molar-refractivity contribution < 1.29 is 4.42 Å². The second-order valence-corrected chi connectivity index (χ2v) is 4.18. The smallest absolute Gasteiger partial charge is 0.200 e. The van der Waals surface area contributed by atoms with Crippen molar-refractivity contribution >= 4 is 21.9 Å². The van der Waals surface area contributed by atoms with Crippen molar-refractivity contribution in [2.45, 2.75) is 0 Å². The first kappa shape index (κ1) is 12.2. The lowest BCUT2D eigenvalue weighted by Crippen LogP contribution is -2.01. The van der Waals surface area contributed by atoms with Crippen molar-refractivity contribution in [3.8, 4) is 0 Å². The Morgan fingerprint density at radius 1 is 0.900 bits per heavy atom. The average Bonchev–Trinajstić information content (AvgIpc) is 3.07. The van der Waals surface area contributed by atoms with Gasteiger partial charge in [0.2, 0.25) is 5.43 Å². The minimum Gasteiger partial charge on any atom is -0.456 e. The van der Waals surface area contributed by atoms with Gasteiger partial charge in [0.15, 0.2) is 0 Å². The monoisotopic (exact) mass is 264 g/mol. The van der Waals surface area contributed by atoms with Gasteiger partial charge in [-0.05, 0) is 24.3 Å². The van der Waals surface area contributed by atoms with Gasteiger partial charge in [-0.2, -0.15) is 0 Å². The van der Waals surface area contributed by atoms with Crippen LogP contribution in [-0.2, 0) is 0 Å². The number of nitrogens with one attached hydrogen (secondary N) is 1. The minimum atomic E-state index is 0.0347. The molecule has 4 heteroatoms. The molecule has 0 fully saturated rings. The van der Waals surface area contributed by atoms with Gasteiger partial charge in [-0.25, -0.2) is 4.98 Å². The van der Waals surface area contributed by atoms with Crippen molar-refractivity contribution in [1.29, 1.82) is 0 Å². The van der Waals surface area contributed by atoms with Gasteiger partial charge >= 0.3 is 0 Å². The molecule has 1 N–H and O–H groups in total. The van der Waals surface area contributed by atoms with E-state index in [2.05, 4.69) is 9.97 Å². The summed E-state index contributed by atoms with van der Waals surface area (Å²) in [5.74, 6) is 0. The van der Waals surface area contributed by atoms with E-state index >= 15 is 0 Å². The first-order chi connectivity index (χ1) is 9.86. The lowest BCUT2D eigenvalue weighted by atomic mass is 10.1. The van der Waals surface area contributed by atoms with E-state index in [1.54, 1.807) is 30.9 Å². The van der Waals surface area contributed by atoms with Crippen molar-refractivity contribution in [3.63, 3.8) is 0 Å². The zero-order valence-corrected chi connectivity index (χ0v) is 10.6. The lowest BCUT2D eigenvalue weighted by Gasteiger charge is -1.99. The van der Waals surface area contributed by atoms with Crippen molar-refractivity contribution in [1.82, 2.24) is 9.97 Å². The van der Waals surface area contributed by atoms with Crippen LogP contribution in [0.5, 0.6) is 0 Å². The maximum atomic E-state index is 12.0. The Labute approximate surface area is 114 Å². The first-order valence-corrected chi connectivity index (χ1v) is 6.19. The summed E-state index contributed by atoms with van der Waals surface area (Å²) in [4.78, 5) is 18.4. The van der Waals surface area contributed by atoms with Crippen LogP contribution >= 0.6 is 0 Å². The largest absolute Gasteiger partial charge is 0.456 e. The molecule has 4 aromatic rings. The Morgan fingerprint density at radius 3 is 1.95 bits per heavy atom. The molecule has 0 saturated carbocycles. The van der Waals surface area contributed by atoms with Gasteiger partial charge in [0.05, 0.1) is 17.1 Å². The van der Waals surface area contributed by atoms with E-state index in [0.717, 1.165) is 0 Å². The van der Waals surface area contributed by atoms with Gasteiger partial charge in [-0.1, -0.05) is 24.3 Å². The maximum absolute atomic E-state index is 12.0. The van der Waals surface area contributed by atoms with Crippen LogP contribution in [0.2, 0.25) is 0 Å². The molecule has 0 amide bonds. The molecule has 98 valence electrons. The number of benzene rings is 2. The number of fused-ring (bicyclic) bond motifs is 2. The summed E-state index contributed by atoms with van der Waals surface area (Å²) in [7, 11) is 0. The third-order valence-electron chi connectivity index (χ3n) is 2.89. The molecular weight excluding hydrogens is 252 g/mol. The fourth-order valence-electron chi connectivity index (χ4n) is 1.97. The van der Waals surface area contributed by atoms with E-state index in [0.29, 0.717) is 21.9 Å². The second-order valence-electron chi connectivity index (χ2n) is 4.18. The fraction of sp³-hybridized carbons (Fsp3) is 0. The lowest BCUT2D eigenvalue weighted by molar-refractivity contribution is 0.660. The maximum Gasteiger partial charge on any atom is 0.200 e. The van der Waals surface area contributed by atoms with E-state index in [-0.39, 0.29) is 5.43 Å². The van der Waals surface area contributed by atoms with Crippen LogP contribution in [0.25, 0.3) is 21.9 Å². The van der Waals surface area contributed by atoms with Gasteiger partial charge in [-0.15, -0.1) is 0 Å². The number of nitrogens with zero attached hydrogens (tertiary/aromatic N) is 1. The molecule has 0 saturated heterocycles. The predicted octanol–water partition coefficient (Wildman–Crippen LogP) is 3.36. The highest BCUT2D eigenvalue weighted by Gasteiger charge is 2.04. The van der Waals surface area contributed by atoms with Crippen LogP contribution in [0.4, 0.5) is 0 Å². The highest BCUT2D eigenvalue weighted by molar-refractivity contribution is 5.89. The Balaban J connectivity index is 0.000000205. The summed E-state index contributed by atoms with van der Waals surface area (Å²) < 4.78 is 5.63. The van der Waals surface area contributed by atoms with Crippen LogP contribution < -0.4 is 5.43 Å². The molecule has 0 aliphatic rings. The third-order valence-corrected chi connectivity index (χ3v) is 2.89.